The minimum absolute atomic E-state index is 0.0916. The molecule has 2 aromatic heterocycles. The van der Waals surface area contributed by atoms with Crippen LogP contribution in [0.1, 0.15) is 37.7 Å². The van der Waals surface area contributed by atoms with Gasteiger partial charge in [0, 0.05) is 24.5 Å². The first kappa shape index (κ1) is 18.1. The summed E-state index contributed by atoms with van der Waals surface area (Å²) in [4.78, 5) is 16.5. The lowest BCUT2D eigenvalue weighted by atomic mass is 10.1. The lowest BCUT2D eigenvalue weighted by Gasteiger charge is -2.15. The summed E-state index contributed by atoms with van der Waals surface area (Å²) in [6.07, 6.45) is 7.11. The number of nitrogens with one attached hydrogen (secondary N) is 2. The molecule has 0 saturated heterocycles. The van der Waals surface area contributed by atoms with Crippen LogP contribution in [0.2, 0.25) is 0 Å². The van der Waals surface area contributed by atoms with E-state index in [1.54, 1.807) is 17.1 Å². The molecule has 0 bridgehead atoms. The van der Waals surface area contributed by atoms with E-state index >= 15 is 0 Å². The molecule has 1 aromatic carbocycles. The molecule has 0 spiro atoms. The Balaban J connectivity index is 1.64. The maximum atomic E-state index is 12.4. The van der Waals surface area contributed by atoms with Crippen molar-refractivity contribution in [2.24, 2.45) is 0 Å². The molecule has 1 atom stereocenters. The molecule has 0 aliphatic rings. The standard InChI is InChI=1S/C18H22N6OS/c1-3-4-16-21-22-18(26)24(16)11-17(25)20-13(2)14-5-7-15(8-6-14)23-10-9-19-12-23/h5-10,12-13H,3-4,11H2,1-2H3,(H,20,25)(H,22,26). The molecule has 2 heterocycles. The van der Waals surface area contributed by atoms with Gasteiger partial charge in [-0.1, -0.05) is 19.1 Å². The highest BCUT2D eigenvalue weighted by molar-refractivity contribution is 7.71. The molecular weight excluding hydrogens is 348 g/mol. The first-order chi connectivity index (χ1) is 12.6. The number of aromatic nitrogens is 5. The van der Waals surface area contributed by atoms with Gasteiger partial charge in [0.1, 0.15) is 12.4 Å². The highest BCUT2D eigenvalue weighted by Gasteiger charge is 2.13. The fourth-order valence-electron chi connectivity index (χ4n) is 2.79. The monoisotopic (exact) mass is 370 g/mol. The van der Waals surface area contributed by atoms with Gasteiger partial charge >= 0.3 is 0 Å². The minimum Gasteiger partial charge on any atom is -0.348 e. The van der Waals surface area contributed by atoms with E-state index in [-0.39, 0.29) is 18.5 Å². The van der Waals surface area contributed by atoms with Crippen LogP contribution in [0, 0.1) is 4.77 Å². The van der Waals surface area contributed by atoms with Crippen LogP contribution in [0.5, 0.6) is 0 Å². The molecule has 8 heteroatoms. The molecule has 136 valence electrons. The van der Waals surface area contributed by atoms with Gasteiger partial charge in [0.15, 0.2) is 4.77 Å². The molecule has 2 N–H and O–H groups in total. The van der Waals surface area contributed by atoms with Crippen LogP contribution in [-0.4, -0.2) is 30.2 Å². The van der Waals surface area contributed by atoms with Crippen LogP contribution >= 0.6 is 12.2 Å². The van der Waals surface area contributed by atoms with Crippen LogP contribution in [-0.2, 0) is 17.8 Å². The predicted octanol–water partition coefficient (Wildman–Crippen LogP) is 2.96. The zero-order chi connectivity index (χ0) is 18.5. The number of rotatable bonds is 7. The van der Waals surface area contributed by atoms with Crippen LogP contribution in [0.4, 0.5) is 0 Å². The van der Waals surface area contributed by atoms with Gasteiger partial charge in [-0.2, -0.15) is 5.10 Å². The van der Waals surface area contributed by atoms with E-state index in [9.17, 15) is 4.79 Å². The first-order valence-corrected chi connectivity index (χ1v) is 9.01. The number of carbonyl (C=O) groups excluding carboxylic acids is 1. The van der Waals surface area contributed by atoms with E-state index < -0.39 is 0 Å². The zero-order valence-electron chi connectivity index (χ0n) is 14.8. The second-order valence-electron chi connectivity index (χ2n) is 6.13. The van der Waals surface area contributed by atoms with E-state index in [2.05, 4.69) is 27.4 Å². The Bertz CT molecular complexity index is 910. The Morgan fingerprint density at radius 3 is 2.77 bits per heavy atom. The summed E-state index contributed by atoms with van der Waals surface area (Å²) < 4.78 is 4.16. The van der Waals surface area contributed by atoms with Crippen molar-refractivity contribution in [3.8, 4) is 5.69 Å². The number of H-pyrrole nitrogens is 1. The van der Waals surface area contributed by atoms with Crippen LogP contribution in [0.25, 0.3) is 5.69 Å². The fourth-order valence-corrected chi connectivity index (χ4v) is 3.00. The van der Waals surface area contributed by atoms with Crippen molar-refractivity contribution in [3.05, 3.63) is 59.1 Å². The molecule has 7 nitrogen and oxygen atoms in total. The molecule has 0 saturated carbocycles. The zero-order valence-corrected chi connectivity index (χ0v) is 15.7. The van der Waals surface area contributed by atoms with Gasteiger partial charge in [-0.3, -0.25) is 14.5 Å². The highest BCUT2D eigenvalue weighted by Crippen LogP contribution is 2.16. The van der Waals surface area contributed by atoms with Gasteiger partial charge in [-0.05, 0) is 43.3 Å². The summed E-state index contributed by atoms with van der Waals surface area (Å²) in [5, 5.41) is 9.97. The van der Waals surface area contributed by atoms with Crippen molar-refractivity contribution < 1.29 is 4.79 Å². The number of hydrogen-bond donors (Lipinski definition) is 2. The average Bonchev–Trinajstić information content (AvgIpc) is 3.28. The molecule has 3 aromatic rings. The quantitative estimate of drug-likeness (QED) is 0.627. The summed E-state index contributed by atoms with van der Waals surface area (Å²) in [5.41, 5.74) is 2.06. The predicted molar refractivity (Wildman–Crippen MR) is 102 cm³/mol. The summed E-state index contributed by atoms with van der Waals surface area (Å²) in [6, 6.07) is 7.92. The number of aromatic amines is 1. The number of amides is 1. The smallest absolute Gasteiger partial charge is 0.240 e. The third-order valence-electron chi connectivity index (χ3n) is 4.19. The van der Waals surface area contributed by atoms with Gasteiger partial charge in [0.05, 0.1) is 12.4 Å². The van der Waals surface area contributed by atoms with E-state index in [1.165, 1.54) is 0 Å². The van der Waals surface area contributed by atoms with E-state index in [1.807, 2.05) is 42.0 Å². The maximum Gasteiger partial charge on any atom is 0.240 e. The number of hydrogen-bond acceptors (Lipinski definition) is 4. The Hall–Kier alpha value is -2.74. The van der Waals surface area contributed by atoms with Crippen molar-refractivity contribution in [3.63, 3.8) is 0 Å². The van der Waals surface area contributed by atoms with Crippen molar-refractivity contribution in [1.29, 1.82) is 0 Å². The lowest BCUT2D eigenvalue weighted by molar-refractivity contribution is -0.122. The van der Waals surface area contributed by atoms with Crippen molar-refractivity contribution in [1.82, 2.24) is 29.6 Å². The number of nitrogens with zero attached hydrogens (tertiary/aromatic N) is 4. The van der Waals surface area contributed by atoms with Gasteiger partial charge < -0.3 is 9.88 Å². The summed E-state index contributed by atoms with van der Waals surface area (Å²) in [5.74, 6) is 0.719. The summed E-state index contributed by atoms with van der Waals surface area (Å²) in [7, 11) is 0. The average molecular weight is 370 g/mol. The van der Waals surface area contributed by atoms with Crippen molar-refractivity contribution in [2.75, 3.05) is 0 Å². The number of aryl methyl sites for hydroxylation is 1. The van der Waals surface area contributed by atoms with E-state index in [0.29, 0.717) is 4.77 Å². The molecule has 0 fully saturated rings. The fraction of sp³-hybridized carbons (Fsp3) is 0.333. The minimum atomic E-state index is -0.102. The molecule has 3 rings (SSSR count). The highest BCUT2D eigenvalue weighted by atomic mass is 32.1. The Morgan fingerprint density at radius 2 is 2.12 bits per heavy atom. The van der Waals surface area contributed by atoms with Crippen LogP contribution in [0.3, 0.4) is 0 Å². The molecule has 0 aliphatic heterocycles. The van der Waals surface area contributed by atoms with E-state index in [4.69, 9.17) is 12.2 Å². The molecule has 1 amide bonds. The Kier molecular flexibility index (Phi) is 5.62. The normalized spacial score (nSPS) is 12.1. The topological polar surface area (TPSA) is 80.5 Å². The summed E-state index contributed by atoms with van der Waals surface area (Å²) >= 11 is 5.22. The first-order valence-electron chi connectivity index (χ1n) is 8.60. The van der Waals surface area contributed by atoms with E-state index in [0.717, 1.165) is 29.9 Å². The second-order valence-corrected chi connectivity index (χ2v) is 6.52. The lowest BCUT2D eigenvalue weighted by Crippen LogP contribution is -2.30. The van der Waals surface area contributed by atoms with Crippen LogP contribution < -0.4 is 5.32 Å². The van der Waals surface area contributed by atoms with Gasteiger partial charge in [0.2, 0.25) is 5.91 Å². The van der Waals surface area contributed by atoms with Gasteiger partial charge in [-0.25, -0.2) is 4.98 Å². The maximum absolute atomic E-state index is 12.4. The number of benzene rings is 1. The molecular formula is C18H22N6OS. The molecule has 26 heavy (non-hydrogen) atoms. The Labute approximate surface area is 157 Å². The Morgan fingerprint density at radius 1 is 1.35 bits per heavy atom. The van der Waals surface area contributed by atoms with Gasteiger partial charge in [-0.15, -0.1) is 0 Å². The third-order valence-corrected chi connectivity index (χ3v) is 4.50. The molecule has 0 aliphatic carbocycles. The SMILES string of the molecule is CCCc1n[nH]c(=S)n1CC(=O)NC(C)c1ccc(-n2ccnc2)cc1. The number of carbonyl (C=O) groups is 1. The summed E-state index contributed by atoms with van der Waals surface area (Å²) in [6.45, 7) is 4.20. The van der Waals surface area contributed by atoms with Crippen molar-refractivity contribution in [2.45, 2.75) is 39.3 Å². The third kappa shape index (κ3) is 4.08. The second kappa shape index (κ2) is 8.09. The van der Waals surface area contributed by atoms with Crippen LogP contribution in [0.15, 0.2) is 43.0 Å². The van der Waals surface area contributed by atoms with Crippen molar-refractivity contribution >= 4 is 18.1 Å². The molecule has 0 radical (unpaired) electrons. The molecule has 1 unspecified atom stereocenters. The van der Waals surface area contributed by atoms with Gasteiger partial charge in [0.25, 0.3) is 0 Å². The number of imidazole rings is 1. The largest absolute Gasteiger partial charge is 0.348 e.